The molecule has 1 fully saturated rings. The number of hydrogen-bond donors (Lipinski definition) is 3. The molecule has 0 aromatic heterocycles. The molecule has 2 atom stereocenters. The molecule has 0 bridgehead atoms. The molecule has 5 N–H and O–H groups in total. The summed E-state index contributed by atoms with van der Waals surface area (Å²) >= 11 is 0. The fourth-order valence-electron chi connectivity index (χ4n) is 5.16. The maximum Gasteiger partial charge on any atom is 0.243 e. The molecule has 2 amide bonds. The van der Waals surface area contributed by atoms with Crippen molar-refractivity contribution in [1.82, 2.24) is 14.6 Å². The molecule has 1 aliphatic heterocycles. The molecule has 11 heteroatoms. The van der Waals surface area contributed by atoms with Gasteiger partial charge in [0.1, 0.15) is 12.1 Å². The molecule has 4 rings (SSSR count). The van der Waals surface area contributed by atoms with Crippen LogP contribution in [0.4, 0.5) is 0 Å². The standard InChI is InChI=1S/C29H36N6O4S/c30-28(36)26-13-8-17-34(26)29(37)27(19-22-9-2-1-3-10-22)35(18-7-6-16-32-21-33-31)40(38,39)25-15-14-23-11-4-5-12-24(23)20-25/h1-5,9-12,14-15,20-21,26-27H,6-8,13,16-19,31H2,(H2,30,36)(H,32,33)/t26-,27-/m0/s1. The Bertz CT molecular complexity index is 1450. The van der Waals surface area contributed by atoms with Gasteiger partial charge in [-0.25, -0.2) is 14.3 Å². The number of fused-ring (bicyclic) bond motifs is 1. The minimum atomic E-state index is -4.12. The lowest BCUT2D eigenvalue weighted by Crippen LogP contribution is -2.55. The molecular weight excluding hydrogens is 528 g/mol. The van der Waals surface area contributed by atoms with Gasteiger partial charge in [0, 0.05) is 19.6 Å². The van der Waals surface area contributed by atoms with Gasteiger partial charge in [-0.15, -0.1) is 0 Å². The molecular formula is C29H36N6O4S. The Hall–Kier alpha value is -3.80. The van der Waals surface area contributed by atoms with Gasteiger partial charge >= 0.3 is 0 Å². The Balaban J connectivity index is 1.75. The van der Waals surface area contributed by atoms with E-state index < -0.39 is 33.9 Å². The Morgan fingerprint density at radius 3 is 2.50 bits per heavy atom. The quantitative estimate of drug-likeness (QED) is 0.0952. The average molecular weight is 565 g/mol. The average Bonchev–Trinajstić information content (AvgIpc) is 3.46. The van der Waals surface area contributed by atoms with Crippen molar-refractivity contribution in [2.45, 2.75) is 49.1 Å². The molecule has 0 spiro atoms. The number of carbonyl (C=O) groups is 2. The maximum absolute atomic E-state index is 14.3. The molecule has 212 valence electrons. The van der Waals surface area contributed by atoms with Crippen molar-refractivity contribution in [3.63, 3.8) is 0 Å². The Morgan fingerprint density at radius 1 is 1.05 bits per heavy atom. The van der Waals surface area contributed by atoms with Crippen molar-refractivity contribution in [2.24, 2.45) is 16.6 Å². The zero-order valence-electron chi connectivity index (χ0n) is 22.4. The molecule has 3 aromatic carbocycles. The SMILES string of the molecule is NNC=NCCCCN([C@@H](Cc1ccccc1)C(=O)N1CCC[C@H]1C(N)=O)S(=O)(=O)c1ccc2ccccc2c1. The number of sulfonamides is 1. The minimum absolute atomic E-state index is 0.0963. The van der Waals surface area contributed by atoms with Crippen LogP contribution >= 0.6 is 0 Å². The molecule has 0 saturated carbocycles. The number of carbonyl (C=O) groups excluding carboxylic acids is 2. The summed E-state index contributed by atoms with van der Waals surface area (Å²) in [6, 6.07) is 20.0. The van der Waals surface area contributed by atoms with E-state index in [2.05, 4.69) is 10.4 Å². The van der Waals surface area contributed by atoms with Crippen LogP contribution in [-0.2, 0) is 26.0 Å². The number of primary amides is 1. The number of nitrogens with zero attached hydrogens (tertiary/aromatic N) is 3. The van der Waals surface area contributed by atoms with Crippen LogP contribution in [0, 0.1) is 0 Å². The van der Waals surface area contributed by atoms with Gasteiger partial charge in [-0.05, 0) is 60.6 Å². The lowest BCUT2D eigenvalue weighted by molar-refractivity contribution is -0.140. The van der Waals surface area contributed by atoms with Gasteiger partial charge in [-0.2, -0.15) is 4.31 Å². The fraction of sp³-hybridized carbons (Fsp3) is 0.345. The molecule has 1 heterocycles. The summed E-state index contributed by atoms with van der Waals surface area (Å²) in [5.74, 6) is 4.23. The van der Waals surface area contributed by atoms with E-state index in [0.717, 1.165) is 16.3 Å². The Labute approximate surface area is 235 Å². The highest BCUT2D eigenvalue weighted by Gasteiger charge is 2.42. The van der Waals surface area contributed by atoms with Gasteiger partial charge in [0.15, 0.2) is 0 Å². The first kappa shape index (κ1) is 29.2. The number of hydrazine groups is 1. The summed E-state index contributed by atoms with van der Waals surface area (Å²) in [4.78, 5) is 32.0. The van der Waals surface area contributed by atoms with Crippen molar-refractivity contribution < 1.29 is 18.0 Å². The van der Waals surface area contributed by atoms with Crippen molar-refractivity contribution in [3.8, 4) is 0 Å². The molecule has 0 radical (unpaired) electrons. The summed E-state index contributed by atoms with van der Waals surface area (Å²) in [7, 11) is -4.12. The van der Waals surface area contributed by atoms with Gasteiger partial charge < -0.3 is 16.1 Å². The summed E-state index contributed by atoms with van der Waals surface area (Å²) < 4.78 is 29.9. The van der Waals surface area contributed by atoms with Crippen LogP contribution in [0.3, 0.4) is 0 Å². The molecule has 1 saturated heterocycles. The van der Waals surface area contributed by atoms with Crippen LogP contribution in [0.25, 0.3) is 10.8 Å². The largest absolute Gasteiger partial charge is 0.368 e. The summed E-state index contributed by atoms with van der Waals surface area (Å²) in [5.41, 5.74) is 8.79. The smallest absolute Gasteiger partial charge is 0.243 e. The Morgan fingerprint density at radius 2 is 1.77 bits per heavy atom. The molecule has 10 nitrogen and oxygen atoms in total. The van der Waals surface area contributed by atoms with E-state index in [-0.39, 0.29) is 17.9 Å². The first-order valence-electron chi connectivity index (χ1n) is 13.4. The number of rotatable bonds is 13. The highest BCUT2D eigenvalue weighted by molar-refractivity contribution is 7.89. The van der Waals surface area contributed by atoms with E-state index in [1.54, 1.807) is 18.2 Å². The predicted molar refractivity (Wildman–Crippen MR) is 156 cm³/mol. The third-order valence-electron chi connectivity index (χ3n) is 7.18. The number of amides is 2. The third kappa shape index (κ3) is 6.85. The van der Waals surface area contributed by atoms with E-state index in [1.807, 2.05) is 54.6 Å². The number of nitrogens with one attached hydrogen (secondary N) is 1. The zero-order valence-corrected chi connectivity index (χ0v) is 23.2. The van der Waals surface area contributed by atoms with Gasteiger partial charge in [0.05, 0.1) is 11.2 Å². The van der Waals surface area contributed by atoms with Gasteiger partial charge in [-0.3, -0.25) is 14.6 Å². The highest BCUT2D eigenvalue weighted by Crippen LogP contribution is 2.28. The number of aliphatic imine (C=N–C) groups is 1. The lowest BCUT2D eigenvalue weighted by atomic mass is 10.0. The third-order valence-corrected chi connectivity index (χ3v) is 9.08. The highest BCUT2D eigenvalue weighted by atomic mass is 32.2. The van der Waals surface area contributed by atoms with E-state index in [4.69, 9.17) is 11.6 Å². The molecule has 0 unspecified atom stereocenters. The van der Waals surface area contributed by atoms with Crippen molar-refractivity contribution in [1.29, 1.82) is 0 Å². The summed E-state index contributed by atoms with van der Waals surface area (Å²) in [6.07, 6.45) is 3.67. The van der Waals surface area contributed by atoms with Gasteiger partial charge in [-0.1, -0.05) is 60.7 Å². The van der Waals surface area contributed by atoms with Crippen LogP contribution in [0.15, 0.2) is 82.7 Å². The van der Waals surface area contributed by atoms with Gasteiger partial charge in [0.25, 0.3) is 0 Å². The molecule has 40 heavy (non-hydrogen) atoms. The van der Waals surface area contributed by atoms with E-state index in [9.17, 15) is 18.0 Å². The zero-order chi connectivity index (χ0) is 28.5. The number of unbranched alkanes of at least 4 members (excludes halogenated alkanes) is 1. The number of hydrogen-bond acceptors (Lipinski definition) is 6. The Kier molecular flexibility index (Phi) is 9.86. The predicted octanol–water partition coefficient (Wildman–Crippen LogP) is 2.19. The van der Waals surface area contributed by atoms with Crippen molar-refractivity contribution >= 4 is 38.9 Å². The van der Waals surface area contributed by atoms with Crippen LogP contribution in [0.5, 0.6) is 0 Å². The summed E-state index contributed by atoms with van der Waals surface area (Å²) in [5, 5.41) is 1.70. The first-order valence-corrected chi connectivity index (χ1v) is 14.9. The van der Waals surface area contributed by atoms with Crippen LogP contribution in [0.2, 0.25) is 0 Å². The van der Waals surface area contributed by atoms with Crippen LogP contribution in [0.1, 0.15) is 31.2 Å². The first-order chi connectivity index (χ1) is 19.3. The topological polar surface area (TPSA) is 151 Å². The second kappa shape index (κ2) is 13.5. The van der Waals surface area contributed by atoms with E-state index in [0.29, 0.717) is 38.8 Å². The van der Waals surface area contributed by atoms with Crippen LogP contribution in [-0.4, -0.2) is 67.5 Å². The van der Waals surface area contributed by atoms with E-state index in [1.165, 1.54) is 15.5 Å². The van der Waals surface area contributed by atoms with Crippen LogP contribution < -0.4 is 17.0 Å². The lowest BCUT2D eigenvalue weighted by Gasteiger charge is -2.34. The van der Waals surface area contributed by atoms with Crippen molar-refractivity contribution in [2.75, 3.05) is 19.6 Å². The second-order valence-electron chi connectivity index (χ2n) is 9.83. The molecule has 3 aromatic rings. The maximum atomic E-state index is 14.3. The summed E-state index contributed by atoms with van der Waals surface area (Å²) in [6.45, 7) is 0.892. The van der Waals surface area contributed by atoms with Crippen molar-refractivity contribution in [3.05, 3.63) is 78.4 Å². The second-order valence-corrected chi connectivity index (χ2v) is 11.7. The number of nitrogens with two attached hydrogens (primary N) is 2. The minimum Gasteiger partial charge on any atom is -0.368 e. The number of likely N-dealkylation sites (tertiary alicyclic amines) is 1. The number of benzene rings is 3. The van der Waals surface area contributed by atoms with Gasteiger partial charge in [0.2, 0.25) is 21.8 Å². The van der Waals surface area contributed by atoms with E-state index >= 15 is 0 Å². The monoisotopic (exact) mass is 564 g/mol. The molecule has 1 aliphatic rings. The molecule has 0 aliphatic carbocycles. The fourth-order valence-corrected chi connectivity index (χ4v) is 6.82. The normalized spacial score (nSPS) is 16.6.